The molecule has 0 fully saturated rings. The maximum Gasteiger partial charge on any atom is 0.338 e. The van der Waals surface area contributed by atoms with Crippen LogP contribution in [-0.4, -0.2) is 24.3 Å². The summed E-state index contributed by atoms with van der Waals surface area (Å²) in [5, 5.41) is 0.807. The number of rotatable bonds is 6. The van der Waals surface area contributed by atoms with Crippen LogP contribution in [0.4, 0.5) is 0 Å². The molecule has 38 heavy (non-hydrogen) atoms. The number of para-hydroxylation sites is 1. The first-order valence-electron chi connectivity index (χ1n) is 11.7. The van der Waals surface area contributed by atoms with Crippen molar-refractivity contribution in [1.29, 1.82) is 0 Å². The van der Waals surface area contributed by atoms with Crippen molar-refractivity contribution in [2.75, 3.05) is 13.7 Å². The minimum absolute atomic E-state index is 0.174. The summed E-state index contributed by atoms with van der Waals surface area (Å²) in [6, 6.07) is 15.2. The Kier molecular flexibility index (Phi) is 7.29. The summed E-state index contributed by atoms with van der Waals surface area (Å²) in [4.78, 5) is 31.9. The lowest BCUT2D eigenvalue weighted by Crippen LogP contribution is -2.39. The molecule has 0 saturated heterocycles. The predicted octanol–water partition coefficient (Wildman–Crippen LogP) is 5.37. The summed E-state index contributed by atoms with van der Waals surface area (Å²) in [5.74, 6) is 0.960. The molecule has 1 aliphatic rings. The number of nitrogens with zero attached hydrogens (tertiary/aromatic N) is 2. The predicted molar refractivity (Wildman–Crippen MR) is 148 cm³/mol. The third kappa shape index (κ3) is 4.71. The molecular weight excluding hydrogens is 547 g/mol. The van der Waals surface area contributed by atoms with Crippen molar-refractivity contribution in [2.24, 2.45) is 4.99 Å². The third-order valence-corrected chi connectivity index (χ3v) is 7.76. The monoisotopic (exact) mass is 568 g/mol. The van der Waals surface area contributed by atoms with Gasteiger partial charge in [0, 0.05) is 11.1 Å². The number of methoxy groups -OCH3 is 1. The van der Waals surface area contributed by atoms with Gasteiger partial charge in [-0.1, -0.05) is 52.7 Å². The number of carbonyl (C=O) groups excluding carboxylic acids is 1. The van der Waals surface area contributed by atoms with E-state index in [1.165, 1.54) is 15.9 Å². The molecule has 1 aliphatic heterocycles. The average molecular weight is 569 g/mol. The molecule has 194 valence electrons. The zero-order valence-corrected chi connectivity index (χ0v) is 23.0. The normalized spacial score (nSPS) is 15.3. The minimum atomic E-state index is -0.873. The summed E-state index contributed by atoms with van der Waals surface area (Å²) < 4.78 is 18.9. The van der Waals surface area contributed by atoms with Crippen LogP contribution < -0.4 is 19.6 Å². The van der Waals surface area contributed by atoms with E-state index in [1.807, 2.05) is 24.3 Å². The first kappa shape index (κ1) is 26.0. The van der Waals surface area contributed by atoms with E-state index < -0.39 is 12.0 Å². The van der Waals surface area contributed by atoms with Crippen LogP contribution in [0.3, 0.4) is 0 Å². The van der Waals surface area contributed by atoms with Crippen molar-refractivity contribution >= 4 is 46.6 Å². The number of allylic oxidation sites excluding steroid dienone is 1. The van der Waals surface area contributed by atoms with E-state index in [2.05, 4.69) is 4.99 Å². The molecule has 3 heterocycles. The van der Waals surface area contributed by atoms with Gasteiger partial charge in [0.05, 0.1) is 39.6 Å². The molecule has 0 bridgehead atoms. The number of thiazole rings is 1. The molecule has 1 atom stereocenters. The van der Waals surface area contributed by atoms with Gasteiger partial charge in [0.15, 0.2) is 4.80 Å². The molecule has 4 aromatic rings. The van der Waals surface area contributed by atoms with Gasteiger partial charge in [0.2, 0.25) is 0 Å². The molecule has 2 aromatic carbocycles. The summed E-state index contributed by atoms with van der Waals surface area (Å²) in [6.45, 7) is 3.62. The van der Waals surface area contributed by atoms with E-state index in [4.69, 9.17) is 37.1 Å². The summed E-state index contributed by atoms with van der Waals surface area (Å²) in [7, 11) is 1.57. The van der Waals surface area contributed by atoms with E-state index in [0.29, 0.717) is 47.9 Å². The first-order chi connectivity index (χ1) is 18.3. The molecule has 0 N–H and O–H groups in total. The molecule has 5 rings (SSSR count). The summed E-state index contributed by atoms with van der Waals surface area (Å²) >= 11 is 13.5. The third-order valence-electron chi connectivity index (χ3n) is 6.04. The molecule has 0 amide bonds. The average Bonchev–Trinajstić information content (AvgIpc) is 3.50. The molecule has 0 saturated carbocycles. The second-order valence-corrected chi connectivity index (χ2v) is 10.2. The Morgan fingerprint density at radius 3 is 2.68 bits per heavy atom. The summed E-state index contributed by atoms with van der Waals surface area (Å²) in [5.41, 5.74) is 1.82. The van der Waals surface area contributed by atoms with Gasteiger partial charge in [-0.25, -0.2) is 9.79 Å². The number of hydrogen-bond acceptors (Lipinski definition) is 7. The van der Waals surface area contributed by atoms with E-state index >= 15 is 0 Å². The van der Waals surface area contributed by atoms with Gasteiger partial charge >= 0.3 is 5.97 Å². The van der Waals surface area contributed by atoms with Crippen molar-refractivity contribution in [1.82, 2.24) is 4.57 Å². The first-order valence-corrected chi connectivity index (χ1v) is 13.3. The van der Waals surface area contributed by atoms with Crippen molar-refractivity contribution in [3.63, 3.8) is 0 Å². The van der Waals surface area contributed by atoms with Crippen LogP contribution in [0.5, 0.6) is 5.75 Å². The van der Waals surface area contributed by atoms with Crippen LogP contribution >= 0.6 is 34.5 Å². The molecular formula is C28H22Cl2N2O5S. The molecule has 2 aromatic heterocycles. The van der Waals surface area contributed by atoms with Crippen molar-refractivity contribution in [3.8, 4) is 17.1 Å². The number of esters is 1. The second kappa shape index (κ2) is 10.6. The quantitative estimate of drug-likeness (QED) is 0.292. The lowest BCUT2D eigenvalue weighted by molar-refractivity contribution is -0.139. The number of benzene rings is 2. The second-order valence-electron chi connectivity index (χ2n) is 8.38. The fourth-order valence-corrected chi connectivity index (χ4v) is 5.63. The molecule has 0 aliphatic carbocycles. The number of ether oxygens (including phenoxy) is 2. The molecule has 7 nitrogen and oxygen atoms in total. The molecule has 0 radical (unpaired) electrons. The van der Waals surface area contributed by atoms with Crippen LogP contribution in [0.25, 0.3) is 17.4 Å². The van der Waals surface area contributed by atoms with Gasteiger partial charge in [-0.3, -0.25) is 9.36 Å². The Bertz CT molecular complexity index is 1770. The van der Waals surface area contributed by atoms with Gasteiger partial charge in [-0.2, -0.15) is 0 Å². The maximum atomic E-state index is 13.8. The zero-order valence-electron chi connectivity index (χ0n) is 20.7. The van der Waals surface area contributed by atoms with Crippen LogP contribution in [-0.2, 0) is 9.53 Å². The van der Waals surface area contributed by atoms with E-state index in [0.717, 1.165) is 5.56 Å². The smallest absolute Gasteiger partial charge is 0.338 e. The maximum absolute atomic E-state index is 13.8. The lowest BCUT2D eigenvalue weighted by Gasteiger charge is -2.22. The highest BCUT2D eigenvalue weighted by molar-refractivity contribution is 7.07. The Hall–Kier alpha value is -3.59. The Morgan fingerprint density at radius 1 is 1.16 bits per heavy atom. The van der Waals surface area contributed by atoms with Crippen LogP contribution in [0.1, 0.15) is 31.2 Å². The van der Waals surface area contributed by atoms with Crippen molar-refractivity contribution in [3.05, 3.63) is 107 Å². The highest BCUT2D eigenvalue weighted by atomic mass is 35.5. The Morgan fingerprint density at radius 2 is 1.95 bits per heavy atom. The van der Waals surface area contributed by atoms with Crippen LogP contribution in [0, 0.1) is 0 Å². The fourth-order valence-electron chi connectivity index (χ4n) is 4.29. The van der Waals surface area contributed by atoms with Gasteiger partial charge in [-0.15, -0.1) is 0 Å². The van der Waals surface area contributed by atoms with Crippen molar-refractivity contribution in [2.45, 2.75) is 19.9 Å². The topological polar surface area (TPSA) is 83.0 Å². The zero-order chi connectivity index (χ0) is 27.0. The number of hydrogen-bond donors (Lipinski definition) is 0. The van der Waals surface area contributed by atoms with E-state index in [9.17, 15) is 9.59 Å². The summed E-state index contributed by atoms with van der Waals surface area (Å²) in [6.07, 6.45) is 1.76. The number of aromatic nitrogens is 1. The SMILES string of the molecule is CCOC(=O)C1=C(C)N=c2s/c(=C\c3ccccc3OC)c(=O)n2[C@H]1c1ccc(-c2ccc(Cl)c(Cl)c2)o1. The van der Waals surface area contributed by atoms with Gasteiger partial charge < -0.3 is 13.9 Å². The number of halogens is 2. The van der Waals surface area contributed by atoms with Gasteiger partial charge in [-0.05, 0) is 56.3 Å². The molecule has 10 heteroatoms. The van der Waals surface area contributed by atoms with Gasteiger partial charge in [0.25, 0.3) is 5.56 Å². The highest BCUT2D eigenvalue weighted by Crippen LogP contribution is 2.35. The Balaban J connectivity index is 1.70. The molecule has 0 spiro atoms. The lowest BCUT2D eigenvalue weighted by atomic mass is 10.0. The standard InChI is InChI=1S/C28H22Cl2N2O5S/c1-4-36-27(34)24-15(2)31-28-32(26(33)23(38-28)14-16-7-5-6-8-20(16)35-3)25(24)22-12-11-21(37-22)17-9-10-18(29)19(30)13-17/h5-14,25H,4H2,1-3H3/b23-14-/t25-/m0/s1. The van der Waals surface area contributed by atoms with E-state index in [1.54, 1.807) is 57.4 Å². The highest BCUT2D eigenvalue weighted by Gasteiger charge is 2.35. The minimum Gasteiger partial charge on any atom is -0.496 e. The van der Waals surface area contributed by atoms with E-state index in [-0.39, 0.29) is 17.7 Å². The van der Waals surface area contributed by atoms with Crippen LogP contribution in [0.15, 0.2) is 80.1 Å². The molecule has 0 unspecified atom stereocenters. The number of fused-ring (bicyclic) bond motifs is 1. The Labute approximate surface area is 231 Å². The largest absolute Gasteiger partial charge is 0.496 e. The fraction of sp³-hybridized carbons (Fsp3) is 0.179. The number of carbonyl (C=O) groups is 1. The van der Waals surface area contributed by atoms with Gasteiger partial charge in [0.1, 0.15) is 23.3 Å². The number of furan rings is 1. The van der Waals surface area contributed by atoms with Crippen LogP contribution in [0.2, 0.25) is 10.0 Å². The van der Waals surface area contributed by atoms with Crippen molar-refractivity contribution < 1.29 is 18.7 Å².